The van der Waals surface area contributed by atoms with Crippen molar-refractivity contribution in [1.82, 2.24) is 4.90 Å². The van der Waals surface area contributed by atoms with E-state index in [4.69, 9.17) is 4.74 Å². The lowest BCUT2D eigenvalue weighted by Crippen LogP contribution is -2.45. The van der Waals surface area contributed by atoms with Gasteiger partial charge in [-0.05, 0) is 39.5 Å². The highest BCUT2D eigenvalue weighted by Gasteiger charge is 2.63. The van der Waals surface area contributed by atoms with E-state index < -0.39 is 5.60 Å². The quantitative estimate of drug-likeness (QED) is 0.716. The van der Waals surface area contributed by atoms with Gasteiger partial charge in [-0.3, -0.25) is 4.90 Å². The fourth-order valence-electron chi connectivity index (χ4n) is 2.45. The predicted molar refractivity (Wildman–Crippen MR) is 55.5 cm³/mol. The molecule has 15 heavy (non-hydrogen) atoms. The van der Waals surface area contributed by atoms with Crippen LogP contribution in [0.25, 0.3) is 0 Å². The van der Waals surface area contributed by atoms with Gasteiger partial charge in [0.15, 0.2) is 0 Å². The summed E-state index contributed by atoms with van der Waals surface area (Å²) in [6.07, 6.45) is 1.65. The molecule has 1 saturated carbocycles. The molecule has 86 valence electrons. The lowest BCUT2D eigenvalue weighted by Gasteiger charge is -2.30. The molecule has 2 atom stereocenters. The number of likely N-dealkylation sites (tertiary alicyclic amines) is 1. The number of ether oxygens (including phenoxy) is 1. The van der Waals surface area contributed by atoms with Crippen LogP contribution in [0.4, 0.5) is 4.79 Å². The third-order valence-electron chi connectivity index (χ3n) is 3.33. The Bertz CT molecular complexity index is 280. The van der Waals surface area contributed by atoms with Crippen LogP contribution in [-0.4, -0.2) is 40.4 Å². The fourth-order valence-corrected chi connectivity index (χ4v) is 2.45. The Morgan fingerprint density at radius 1 is 1.60 bits per heavy atom. The summed E-state index contributed by atoms with van der Waals surface area (Å²) in [6, 6.07) is 0. The SMILES string of the molecule is CC(C)(C)OC(=O)N1CCC2C[C@@]21CO. The van der Waals surface area contributed by atoms with Gasteiger partial charge in [0.25, 0.3) is 0 Å². The topological polar surface area (TPSA) is 49.8 Å². The molecule has 0 aromatic carbocycles. The average Bonchev–Trinajstić information content (AvgIpc) is 2.70. The molecule has 0 aromatic rings. The predicted octanol–water partition coefficient (Wildman–Crippen LogP) is 1.38. The molecule has 2 fully saturated rings. The molecule has 1 aliphatic carbocycles. The molecule has 1 amide bonds. The third kappa shape index (κ3) is 1.71. The summed E-state index contributed by atoms with van der Waals surface area (Å²) in [7, 11) is 0. The molecule has 1 saturated heterocycles. The molecule has 1 unspecified atom stereocenters. The summed E-state index contributed by atoms with van der Waals surface area (Å²) >= 11 is 0. The first kappa shape index (κ1) is 10.7. The smallest absolute Gasteiger partial charge is 0.410 e. The van der Waals surface area contributed by atoms with Gasteiger partial charge in [-0.25, -0.2) is 4.79 Å². The van der Waals surface area contributed by atoms with E-state index in [-0.39, 0.29) is 18.2 Å². The summed E-state index contributed by atoms with van der Waals surface area (Å²) in [6.45, 7) is 6.36. The Morgan fingerprint density at radius 2 is 2.27 bits per heavy atom. The zero-order chi connectivity index (χ0) is 11.3. The number of aliphatic hydroxyl groups excluding tert-OH is 1. The number of amides is 1. The molecule has 4 nitrogen and oxygen atoms in total. The van der Waals surface area contributed by atoms with E-state index in [2.05, 4.69) is 0 Å². The lowest BCUT2D eigenvalue weighted by atomic mass is 10.2. The second kappa shape index (κ2) is 3.11. The molecule has 1 N–H and O–H groups in total. The highest BCUT2D eigenvalue weighted by molar-refractivity contribution is 5.71. The first-order valence-corrected chi connectivity index (χ1v) is 5.50. The van der Waals surface area contributed by atoms with Gasteiger partial charge in [-0.15, -0.1) is 0 Å². The summed E-state index contributed by atoms with van der Waals surface area (Å²) in [5.41, 5.74) is -0.733. The molecule has 0 spiro atoms. The molecule has 2 aliphatic rings. The number of aliphatic hydroxyl groups is 1. The molecule has 0 radical (unpaired) electrons. The second-order valence-corrected chi connectivity index (χ2v) is 5.58. The van der Waals surface area contributed by atoms with Crippen molar-refractivity contribution in [2.45, 2.75) is 44.8 Å². The van der Waals surface area contributed by atoms with E-state index in [1.165, 1.54) is 0 Å². The number of fused-ring (bicyclic) bond motifs is 1. The molecule has 2 rings (SSSR count). The maximum absolute atomic E-state index is 11.9. The Kier molecular flexibility index (Phi) is 2.23. The number of hydrogen-bond acceptors (Lipinski definition) is 3. The lowest BCUT2D eigenvalue weighted by molar-refractivity contribution is 0.0105. The number of carbonyl (C=O) groups excluding carboxylic acids is 1. The number of nitrogens with zero attached hydrogens (tertiary/aromatic N) is 1. The maximum atomic E-state index is 11.9. The minimum Gasteiger partial charge on any atom is -0.444 e. The van der Waals surface area contributed by atoms with Crippen LogP contribution >= 0.6 is 0 Å². The van der Waals surface area contributed by atoms with Crippen LogP contribution in [0.1, 0.15) is 33.6 Å². The van der Waals surface area contributed by atoms with E-state index in [0.29, 0.717) is 5.92 Å². The summed E-state index contributed by atoms with van der Waals surface area (Å²) in [4.78, 5) is 13.6. The number of piperidine rings is 1. The first-order valence-electron chi connectivity index (χ1n) is 5.50. The zero-order valence-electron chi connectivity index (χ0n) is 9.62. The monoisotopic (exact) mass is 213 g/mol. The summed E-state index contributed by atoms with van der Waals surface area (Å²) in [5, 5.41) is 9.34. The van der Waals surface area contributed by atoms with Crippen molar-refractivity contribution in [2.75, 3.05) is 13.2 Å². The van der Waals surface area contributed by atoms with Crippen molar-refractivity contribution < 1.29 is 14.6 Å². The molecule has 1 aliphatic heterocycles. The normalized spacial score (nSPS) is 33.9. The van der Waals surface area contributed by atoms with Crippen molar-refractivity contribution in [3.05, 3.63) is 0 Å². The minimum atomic E-state index is -0.458. The summed E-state index contributed by atoms with van der Waals surface area (Å²) in [5.74, 6) is 0.495. The van der Waals surface area contributed by atoms with Gasteiger partial charge in [0, 0.05) is 6.54 Å². The van der Waals surface area contributed by atoms with Crippen molar-refractivity contribution >= 4 is 6.09 Å². The van der Waals surface area contributed by atoms with E-state index in [1.54, 1.807) is 4.90 Å². The van der Waals surface area contributed by atoms with Crippen LogP contribution in [0.3, 0.4) is 0 Å². The molecule has 0 aromatic heterocycles. The van der Waals surface area contributed by atoms with Crippen molar-refractivity contribution in [1.29, 1.82) is 0 Å². The van der Waals surface area contributed by atoms with Crippen LogP contribution in [0, 0.1) is 5.92 Å². The molecular weight excluding hydrogens is 194 g/mol. The minimum absolute atomic E-state index is 0.0664. The van der Waals surface area contributed by atoms with Gasteiger partial charge in [-0.1, -0.05) is 0 Å². The van der Waals surface area contributed by atoms with Crippen LogP contribution in [0.15, 0.2) is 0 Å². The van der Waals surface area contributed by atoms with E-state index in [1.807, 2.05) is 20.8 Å². The van der Waals surface area contributed by atoms with Gasteiger partial charge < -0.3 is 9.84 Å². The van der Waals surface area contributed by atoms with Gasteiger partial charge in [-0.2, -0.15) is 0 Å². The van der Waals surface area contributed by atoms with Crippen LogP contribution in [0.5, 0.6) is 0 Å². The van der Waals surface area contributed by atoms with E-state index in [0.717, 1.165) is 19.4 Å². The highest BCUT2D eigenvalue weighted by atomic mass is 16.6. The molecular formula is C11H19NO3. The van der Waals surface area contributed by atoms with Crippen molar-refractivity contribution in [3.8, 4) is 0 Å². The van der Waals surface area contributed by atoms with Crippen LogP contribution in [0.2, 0.25) is 0 Å². The van der Waals surface area contributed by atoms with Gasteiger partial charge in [0.1, 0.15) is 5.60 Å². The Balaban J connectivity index is 2.02. The fraction of sp³-hybridized carbons (Fsp3) is 0.909. The van der Waals surface area contributed by atoms with E-state index in [9.17, 15) is 9.90 Å². The van der Waals surface area contributed by atoms with Crippen molar-refractivity contribution in [2.24, 2.45) is 5.92 Å². The van der Waals surface area contributed by atoms with Gasteiger partial charge >= 0.3 is 6.09 Å². The second-order valence-electron chi connectivity index (χ2n) is 5.58. The van der Waals surface area contributed by atoms with Gasteiger partial charge in [0.05, 0.1) is 12.1 Å². The largest absolute Gasteiger partial charge is 0.444 e. The maximum Gasteiger partial charge on any atom is 0.410 e. The Labute approximate surface area is 90.2 Å². The average molecular weight is 213 g/mol. The third-order valence-corrected chi connectivity index (χ3v) is 3.33. The van der Waals surface area contributed by atoms with Gasteiger partial charge in [0.2, 0.25) is 0 Å². The number of hydrogen-bond donors (Lipinski definition) is 1. The standard InChI is InChI=1S/C11H19NO3/c1-10(2,3)15-9(14)12-5-4-8-6-11(8,12)7-13/h8,13H,4-7H2,1-3H3/t8?,11-/m1/s1. The zero-order valence-corrected chi connectivity index (χ0v) is 9.62. The Morgan fingerprint density at radius 3 is 2.73 bits per heavy atom. The van der Waals surface area contributed by atoms with Crippen LogP contribution in [-0.2, 0) is 4.74 Å². The molecule has 0 bridgehead atoms. The van der Waals surface area contributed by atoms with Crippen LogP contribution < -0.4 is 0 Å². The number of carbonyl (C=O) groups is 1. The van der Waals surface area contributed by atoms with E-state index >= 15 is 0 Å². The number of rotatable bonds is 1. The first-order chi connectivity index (χ1) is 6.89. The summed E-state index contributed by atoms with van der Waals surface area (Å²) < 4.78 is 5.32. The van der Waals surface area contributed by atoms with Crippen molar-refractivity contribution in [3.63, 3.8) is 0 Å². The highest BCUT2D eigenvalue weighted by Crippen LogP contribution is 2.55. The Hall–Kier alpha value is -0.770. The molecule has 4 heteroatoms. The molecule has 1 heterocycles.